The van der Waals surface area contributed by atoms with Gasteiger partial charge in [0.1, 0.15) is 0 Å². The maximum atomic E-state index is 12.5. The minimum Gasteiger partial charge on any atom is -0.478 e. The highest BCUT2D eigenvalue weighted by atomic mass is 35.5. The maximum absolute atomic E-state index is 12.5. The molecule has 110 valence electrons. The molecule has 1 heterocycles. The van der Waals surface area contributed by atoms with Gasteiger partial charge in [0.15, 0.2) is 0 Å². The van der Waals surface area contributed by atoms with Crippen molar-refractivity contribution in [2.75, 3.05) is 4.90 Å². The van der Waals surface area contributed by atoms with E-state index in [4.69, 9.17) is 16.7 Å². The Morgan fingerprint density at radius 1 is 1.19 bits per heavy atom. The zero-order valence-electron chi connectivity index (χ0n) is 11.4. The van der Waals surface area contributed by atoms with Crippen molar-refractivity contribution >= 4 is 35.1 Å². The summed E-state index contributed by atoms with van der Waals surface area (Å²) in [6.45, 7) is 2.03. The van der Waals surface area contributed by atoms with Gasteiger partial charge < -0.3 is 5.11 Å². The number of carbonyl (C=O) groups excluding carboxylic acids is 2. The molecule has 2 fully saturated rings. The monoisotopic (exact) mass is 307 g/mol. The van der Waals surface area contributed by atoms with Gasteiger partial charge in [-0.05, 0) is 37.0 Å². The largest absolute Gasteiger partial charge is 0.478 e. The van der Waals surface area contributed by atoms with E-state index < -0.39 is 5.97 Å². The summed E-state index contributed by atoms with van der Waals surface area (Å²) in [6.07, 6.45) is 1.41. The molecule has 1 saturated carbocycles. The predicted molar refractivity (Wildman–Crippen MR) is 76.3 cm³/mol. The summed E-state index contributed by atoms with van der Waals surface area (Å²) >= 11 is 5.90. The topological polar surface area (TPSA) is 74.7 Å². The molecule has 0 aromatic heterocycles. The van der Waals surface area contributed by atoms with Crippen molar-refractivity contribution in [2.24, 2.45) is 17.8 Å². The first-order valence-corrected chi connectivity index (χ1v) is 7.18. The van der Waals surface area contributed by atoms with E-state index in [0.29, 0.717) is 18.8 Å². The molecule has 0 bridgehead atoms. The third kappa shape index (κ3) is 2.21. The number of carboxylic acid groups (broad SMARTS) is 1. The second-order valence-corrected chi connectivity index (χ2v) is 6.24. The lowest BCUT2D eigenvalue weighted by atomic mass is 10.00. The van der Waals surface area contributed by atoms with Gasteiger partial charge in [0.05, 0.1) is 23.1 Å². The molecule has 3 rings (SSSR count). The molecule has 0 radical (unpaired) electrons. The molecule has 1 aromatic rings. The Morgan fingerprint density at radius 3 is 2.29 bits per heavy atom. The number of amides is 2. The van der Waals surface area contributed by atoms with Crippen LogP contribution in [0.5, 0.6) is 0 Å². The number of imide groups is 1. The molecule has 1 aliphatic heterocycles. The lowest BCUT2D eigenvalue weighted by molar-refractivity contribution is -0.123. The van der Waals surface area contributed by atoms with Crippen molar-refractivity contribution in [3.05, 3.63) is 28.8 Å². The summed E-state index contributed by atoms with van der Waals surface area (Å²) in [7, 11) is 0. The number of hydrogen-bond acceptors (Lipinski definition) is 3. The Labute approximate surface area is 126 Å². The molecule has 2 aliphatic rings. The van der Waals surface area contributed by atoms with Crippen LogP contribution in [0.1, 0.15) is 30.1 Å². The third-order valence-electron chi connectivity index (χ3n) is 4.26. The van der Waals surface area contributed by atoms with Crippen LogP contribution in [0.2, 0.25) is 5.02 Å². The minimum atomic E-state index is -1.15. The van der Waals surface area contributed by atoms with Crippen LogP contribution in [-0.4, -0.2) is 22.9 Å². The summed E-state index contributed by atoms with van der Waals surface area (Å²) in [5.74, 6) is -1.82. The first kappa shape index (κ1) is 14.1. The van der Waals surface area contributed by atoms with Gasteiger partial charge in [0.2, 0.25) is 11.8 Å². The number of carbonyl (C=O) groups is 3. The summed E-state index contributed by atoms with van der Waals surface area (Å²) in [5, 5.41) is 9.25. The van der Waals surface area contributed by atoms with Gasteiger partial charge in [-0.1, -0.05) is 18.5 Å². The normalized spacial score (nSPS) is 28.1. The minimum absolute atomic E-state index is 0.0384. The van der Waals surface area contributed by atoms with Crippen LogP contribution in [0.15, 0.2) is 18.2 Å². The maximum Gasteiger partial charge on any atom is 0.335 e. The number of rotatable bonds is 2. The van der Waals surface area contributed by atoms with E-state index in [1.165, 1.54) is 18.2 Å². The molecule has 1 N–H and O–H groups in total. The number of benzene rings is 1. The fraction of sp³-hybridized carbons (Fsp3) is 0.400. The van der Waals surface area contributed by atoms with Crippen LogP contribution >= 0.6 is 11.6 Å². The molecule has 0 spiro atoms. The number of fused-ring (bicyclic) bond motifs is 1. The Hall–Kier alpha value is -1.88. The Morgan fingerprint density at radius 2 is 1.76 bits per heavy atom. The fourth-order valence-electron chi connectivity index (χ4n) is 3.36. The first-order valence-electron chi connectivity index (χ1n) is 6.80. The SMILES string of the molecule is CC1CC2C(=O)N(c3cc(Cl)cc(C(=O)O)c3)C(=O)C2C1. The molecule has 6 heteroatoms. The molecule has 2 atom stereocenters. The smallest absolute Gasteiger partial charge is 0.335 e. The zero-order chi connectivity index (χ0) is 15.3. The van der Waals surface area contributed by atoms with Crippen molar-refractivity contribution in [3.63, 3.8) is 0 Å². The summed E-state index contributed by atoms with van der Waals surface area (Å²) < 4.78 is 0. The van der Waals surface area contributed by atoms with E-state index in [9.17, 15) is 14.4 Å². The molecule has 1 saturated heterocycles. The molecular formula is C15H14ClNO4. The number of halogens is 1. The van der Waals surface area contributed by atoms with E-state index in [1.54, 1.807) is 0 Å². The molecule has 1 aliphatic carbocycles. The molecule has 21 heavy (non-hydrogen) atoms. The van der Waals surface area contributed by atoms with Crippen LogP contribution < -0.4 is 4.90 Å². The van der Waals surface area contributed by atoms with E-state index >= 15 is 0 Å². The zero-order valence-corrected chi connectivity index (χ0v) is 12.1. The van der Waals surface area contributed by atoms with Gasteiger partial charge >= 0.3 is 5.97 Å². The number of aromatic carboxylic acids is 1. The van der Waals surface area contributed by atoms with E-state index in [-0.39, 0.29) is 39.9 Å². The van der Waals surface area contributed by atoms with Crippen molar-refractivity contribution in [1.29, 1.82) is 0 Å². The number of anilines is 1. The lowest BCUT2D eigenvalue weighted by Gasteiger charge is -2.17. The Balaban J connectivity index is 2.00. The van der Waals surface area contributed by atoms with Gasteiger partial charge in [0.25, 0.3) is 0 Å². The average Bonchev–Trinajstić information content (AvgIpc) is 2.88. The van der Waals surface area contributed by atoms with Gasteiger partial charge in [-0.15, -0.1) is 0 Å². The number of nitrogens with zero attached hydrogens (tertiary/aromatic N) is 1. The van der Waals surface area contributed by atoms with Crippen LogP contribution in [-0.2, 0) is 9.59 Å². The average molecular weight is 308 g/mol. The quantitative estimate of drug-likeness (QED) is 0.852. The molecule has 2 amide bonds. The molecule has 5 nitrogen and oxygen atoms in total. The second-order valence-electron chi connectivity index (χ2n) is 5.80. The highest BCUT2D eigenvalue weighted by Crippen LogP contribution is 2.44. The molecule has 1 aromatic carbocycles. The third-order valence-corrected chi connectivity index (χ3v) is 4.48. The summed E-state index contributed by atoms with van der Waals surface area (Å²) in [4.78, 5) is 37.1. The van der Waals surface area contributed by atoms with Crippen LogP contribution in [0.3, 0.4) is 0 Å². The molecular weight excluding hydrogens is 294 g/mol. The fourth-order valence-corrected chi connectivity index (χ4v) is 3.59. The summed E-state index contributed by atoms with van der Waals surface area (Å²) in [6, 6.07) is 4.06. The van der Waals surface area contributed by atoms with Crippen molar-refractivity contribution in [2.45, 2.75) is 19.8 Å². The standard InChI is InChI=1S/C15H14ClNO4/c1-7-2-11-12(3-7)14(19)17(13(11)18)10-5-8(15(20)21)4-9(16)6-10/h4-7,11-12H,2-3H2,1H3,(H,20,21). The van der Waals surface area contributed by atoms with Crippen LogP contribution in [0, 0.1) is 17.8 Å². The Kier molecular flexibility index (Phi) is 3.24. The van der Waals surface area contributed by atoms with Gasteiger partial charge in [-0.3, -0.25) is 9.59 Å². The highest BCUT2D eigenvalue weighted by molar-refractivity contribution is 6.32. The van der Waals surface area contributed by atoms with Gasteiger partial charge in [0, 0.05) is 5.02 Å². The predicted octanol–water partition coefficient (Wildman–Crippen LogP) is 2.57. The molecule has 2 unspecified atom stereocenters. The van der Waals surface area contributed by atoms with Crippen molar-refractivity contribution in [1.82, 2.24) is 0 Å². The van der Waals surface area contributed by atoms with Crippen LogP contribution in [0.25, 0.3) is 0 Å². The second kappa shape index (κ2) is 4.84. The highest BCUT2D eigenvalue weighted by Gasteiger charge is 2.52. The summed E-state index contributed by atoms with van der Waals surface area (Å²) in [5.41, 5.74) is 0.209. The van der Waals surface area contributed by atoms with Gasteiger partial charge in [-0.2, -0.15) is 0 Å². The lowest BCUT2D eigenvalue weighted by Crippen LogP contribution is -2.32. The van der Waals surface area contributed by atoms with Crippen LogP contribution in [0.4, 0.5) is 5.69 Å². The van der Waals surface area contributed by atoms with Crippen molar-refractivity contribution in [3.8, 4) is 0 Å². The van der Waals surface area contributed by atoms with Gasteiger partial charge in [-0.25, -0.2) is 9.69 Å². The van der Waals surface area contributed by atoms with Crippen molar-refractivity contribution < 1.29 is 19.5 Å². The number of hydrogen-bond donors (Lipinski definition) is 1. The van der Waals surface area contributed by atoms with E-state index in [1.807, 2.05) is 6.92 Å². The Bertz CT molecular complexity index is 633. The number of carboxylic acids is 1. The first-order chi connectivity index (χ1) is 9.88. The van der Waals surface area contributed by atoms with E-state index in [2.05, 4.69) is 0 Å². The van der Waals surface area contributed by atoms with E-state index in [0.717, 1.165) is 4.90 Å².